The van der Waals surface area contributed by atoms with Crippen LogP contribution in [0, 0.1) is 5.92 Å². The third-order valence-electron chi connectivity index (χ3n) is 1.49. The smallest absolute Gasteiger partial charge is 0.201 e. The maximum Gasteiger partial charge on any atom is 0.201 e. The highest BCUT2D eigenvalue weighted by Gasteiger charge is 2.03. The monoisotopic (exact) mass is 140 g/mol. The number of unbranched alkanes of at least 4 members (excludes halogenated alkanes) is 1. The first kappa shape index (κ1) is 9.34. The van der Waals surface area contributed by atoms with Crippen LogP contribution in [-0.4, -0.2) is 12.6 Å². The molecule has 0 heterocycles. The topological polar surface area (TPSA) is 34.1 Å². The van der Waals surface area contributed by atoms with Gasteiger partial charge in [0, 0.05) is 12.3 Å². The van der Waals surface area contributed by atoms with Crippen LogP contribution in [0.2, 0.25) is 0 Å². The van der Waals surface area contributed by atoms with Crippen molar-refractivity contribution in [1.82, 2.24) is 0 Å². The zero-order valence-corrected chi connectivity index (χ0v) is 6.22. The average Bonchev–Trinajstić information content (AvgIpc) is 1.99. The summed E-state index contributed by atoms with van der Waals surface area (Å²) in [5.74, 6) is 0.0216. The van der Waals surface area contributed by atoms with Crippen LogP contribution in [0.5, 0.6) is 0 Å². The summed E-state index contributed by atoms with van der Waals surface area (Å²) in [5.41, 5.74) is 0. The van der Waals surface area contributed by atoms with Crippen molar-refractivity contribution < 1.29 is 9.59 Å². The Morgan fingerprint density at radius 1 is 1.40 bits per heavy atom. The van der Waals surface area contributed by atoms with Crippen LogP contribution < -0.4 is 0 Å². The van der Waals surface area contributed by atoms with Crippen LogP contribution in [0.4, 0.5) is 0 Å². The van der Waals surface area contributed by atoms with Crippen molar-refractivity contribution in [1.29, 1.82) is 0 Å². The number of rotatable bonds is 6. The summed E-state index contributed by atoms with van der Waals surface area (Å²) >= 11 is 0. The van der Waals surface area contributed by atoms with Crippen LogP contribution in [0.15, 0.2) is 0 Å². The molecule has 0 aromatic heterocycles. The lowest BCUT2D eigenvalue weighted by molar-refractivity contribution is 0.489. The molecule has 1 atom stereocenters. The summed E-state index contributed by atoms with van der Waals surface area (Å²) in [7, 11) is 0. The van der Waals surface area contributed by atoms with Crippen molar-refractivity contribution in [3.8, 4) is 0 Å². The lowest BCUT2D eigenvalue weighted by Gasteiger charge is -2.01. The fourth-order valence-corrected chi connectivity index (χ4v) is 0.767. The third-order valence-corrected chi connectivity index (χ3v) is 1.49. The van der Waals surface area contributed by atoms with E-state index in [1.165, 1.54) is 0 Å². The van der Waals surface area contributed by atoms with Gasteiger partial charge in [-0.1, -0.05) is 6.92 Å². The first-order valence-electron chi connectivity index (χ1n) is 3.57. The first-order valence-corrected chi connectivity index (χ1v) is 3.57. The molecule has 0 aromatic rings. The van der Waals surface area contributed by atoms with Gasteiger partial charge in [0.05, 0.1) is 0 Å². The molecule has 0 fully saturated rings. The lowest BCUT2D eigenvalue weighted by Crippen LogP contribution is -1.99. The molecule has 2 heteroatoms. The molecule has 0 saturated heterocycles. The van der Waals surface area contributed by atoms with E-state index in [4.69, 9.17) is 0 Å². The molecule has 0 aliphatic rings. The predicted octanol–water partition coefficient (Wildman–Crippen LogP) is 1.40. The minimum Gasteiger partial charge on any atom is -0.291 e. The lowest BCUT2D eigenvalue weighted by atomic mass is 10.0. The molecular formula is C8H12O2. The Labute approximate surface area is 61.6 Å². The van der Waals surface area contributed by atoms with Gasteiger partial charge in [-0.2, -0.15) is 0 Å². The van der Waals surface area contributed by atoms with Crippen LogP contribution in [0.1, 0.15) is 32.6 Å². The third kappa shape index (κ3) is 4.24. The zero-order chi connectivity index (χ0) is 7.82. The zero-order valence-electron chi connectivity index (χ0n) is 6.22. The maximum atomic E-state index is 10.1. The van der Waals surface area contributed by atoms with Gasteiger partial charge in [-0.25, -0.2) is 0 Å². The van der Waals surface area contributed by atoms with Crippen molar-refractivity contribution >= 4 is 12.6 Å². The Hall–Kier alpha value is -0.660. The van der Waals surface area contributed by atoms with Crippen molar-refractivity contribution in [2.45, 2.75) is 32.6 Å². The minimum atomic E-state index is 0.0216. The van der Waals surface area contributed by atoms with Gasteiger partial charge in [0.2, 0.25) is 6.29 Å². The molecule has 0 N–H and O–H groups in total. The van der Waals surface area contributed by atoms with E-state index in [1.807, 2.05) is 13.2 Å². The van der Waals surface area contributed by atoms with Gasteiger partial charge in [0.25, 0.3) is 0 Å². The summed E-state index contributed by atoms with van der Waals surface area (Å²) < 4.78 is 0. The van der Waals surface area contributed by atoms with E-state index in [1.54, 1.807) is 6.29 Å². The van der Waals surface area contributed by atoms with E-state index in [-0.39, 0.29) is 5.92 Å². The minimum absolute atomic E-state index is 0.0216. The molecule has 0 spiro atoms. The molecule has 0 amide bonds. The quantitative estimate of drug-likeness (QED) is 0.522. The van der Waals surface area contributed by atoms with Gasteiger partial charge in [0.1, 0.15) is 0 Å². The van der Waals surface area contributed by atoms with Crippen LogP contribution in [-0.2, 0) is 9.59 Å². The van der Waals surface area contributed by atoms with Crippen molar-refractivity contribution in [3.05, 3.63) is 0 Å². The first-order chi connectivity index (χ1) is 4.85. The Bertz CT molecular complexity index is 99.4. The molecule has 56 valence electrons. The molecule has 1 unspecified atom stereocenters. The number of carbonyl (C=O) groups excluding carboxylic acids is 2. The molecule has 0 aromatic carbocycles. The van der Waals surface area contributed by atoms with Crippen LogP contribution in [0.3, 0.4) is 0 Å². The van der Waals surface area contributed by atoms with Gasteiger partial charge in [-0.05, 0) is 19.3 Å². The Morgan fingerprint density at radius 3 is 2.50 bits per heavy atom. The van der Waals surface area contributed by atoms with E-state index >= 15 is 0 Å². The second kappa shape index (κ2) is 6.46. The van der Waals surface area contributed by atoms with E-state index in [2.05, 4.69) is 0 Å². The fourth-order valence-electron chi connectivity index (χ4n) is 0.767. The van der Waals surface area contributed by atoms with Gasteiger partial charge >= 0.3 is 0 Å². The van der Waals surface area contributed by atoms with Crippen LogP contribution in [0.25, 0.3) is 0 Å². The van der Waals surface area contributed by atoms with Crippen molar-refractivity contribution in [2.24, 2.45) is 5.92 Å². The Morgan fingerprint density at radius 2 is 2.10 bits per heavy atom. The highest BCUT2D eigenvalue weighted by molar-refractivity contribution is 5.54. The second-order valence-corrected chi connectivity index (χ2v) is 2.26. The molecule has 0 rings (SSSR count). The molecule has 0 bridgehead atoms. The maximum absolute atomic E-state index is 10.1. The van der Waals surface area contributed by atoms with E-state index in [9.17, 15) is 9.59 Å². The summed E-state index contributed by atoms with van der Waals surface area (Å²) in [6, 6.07) is 0. The number of hydrogen-bond acceptors (Lipinski definition) is 2. The highest BCUT2D eigenvalue weighted by atomic mass is 16.1. The fraction of sp³-hybridized carbons (Fsp3) is 0.750. The van der Waals surface area contributed by atoms with Gasteiger partial charge in [-0.15, -0.1) is 0 Å². The van der Waals surface area contributed by atoms with Crippen molar-refractivity contribution in [2.75, 3.05) is 0 Å². The summed E-state index contributed by atoms with van der Waals surface area (Å²) in [5, 5.41) is 0. The van der Waals surface area contributed by atoms with E-state index in [0.717, 1.165) is 19.3 Å². The second-order valence-electron chi connectivity index (χ2n) is 2.26. The molecule has 0 saturated carbocycles. The van der Waals surface area contributed by atoms with Gasteiger partial charge < -0.3 is 0 Å². The van der Waals surface area contributed by atoms with Crippen molar-refractivity contribution in [3.63, 3.8) is 0 Å². The van der Waals surface area contributed by atoms with Crippen LogP contribution >= 0.6 is 0 Å². The van der Waals surface area contributed by atoms with Gasteiger partial charge in [-0.3, -0.25) is 9.59 Å². The average molecular weight is 140 g/mol. The SMILES string of the molecule is CCC([C]=O)CCC[C]=O. The molecule has 0 aliphatic carbocycles. The summed E-state index contributed by atoms with van der Waals surface area (Å²) in [6.45, 7) is 1.94. The Kier molecular flexibility index (Phi) is 6.03. The van der Waals surface area contributed by atoms with Gasteiger partial charge in [0.15, 0.2) is 6.29 Å². The van der Waals surface area contributed by atoms with E-state index < -0.39 is 0 Å². The Balaban J connectivity index is 3.25. The molecule has 10 heavy (non-hydrogen) atoms. The molecular weight excluding hydrogens is 128 g/mol. The largest absolute Gasteiger partial charge is 0.291 e. The molecule has 0 aliphatic heterocycles. The molecule has 2 radical (unpaired) electrons. The standard InChI is InChI=1S/C8H12O2/c1-2-8(7-10)5-3-4-6-9/h8H,2-5H2,1H3. The predicted molar refractivity (Wildman–Crippen MR) is 39.0 cm³/mol. The molecule has 2 nitrogen and oxygen atoms in total. The highest BCUT2D eigenvalue weighted by Crippen LogP contribution is 2.08. The summed E-state index contributed by atoms with van der Waals surface area (Å²) in [4.78, 5) is 19.8. The number of hydrogen-bond donors (Lipinski definition) is 0. The van der Waals surface area contributed by atoms with E-state index in [0.29, 0.717) is 6.42 Å². The summed E-state index contributed by atoms with van der Waals surface area (Å²) in [6.07, 6.45) is 6.52. The normalized spacial score (nSPS) is 12.5.